The van der Waals surface area contributed by atoms with Crippen molar-refractivity contribution < 1.29 is 14.7 Å². The lowest BCUT2D eigenvalue weighted by atomic mass is 9.84. The first-order chi connectivity index (χ1) is 9.11. The van der Waals surface area contributed by atoms with Crippen LogP contribution in [0.4, 0.5) is 0 Å². The van der Waals surface area contributed by atoms with E-state index >= 15 is 0 Å². The molecule has 2 N–H and O–H groups in total. The van der Waals surface area contributed by atoms with Crippen LogP contribution in [0.15, 0.2) is 6.20 Å². The fourth-order valence-corrected chi connectivity index (χ4v) is 2.02. The van der Waals surface area contributed by atoms with E-state index < -0.39 is 11.9 Å². The van der Waals surface area contributed by atoms with Crippen molar-refractivity contribution in [1.29, 1.82) is 0 Å². The van der Waals surface area contributed by atoms with Crippen molar-refractivity contribution in [2.75, 3.05) is 6.54 Å². The van der Waals surface area contributed by atoms with Crippen LogP contribution >= 0.6 is 0 Å². The zero-order valence-electron chi connectivity index (χ0n) is 12.7. The van der Waals surface area contributed by atoms with Crippen LogP contribution in [-0.2, 0) is 11.8 Å². The standard InChI is InChI=1S/C14H23N3O3/c1-9-11(8-16-17(9)5)12(18)15-7-10(13(19)20)6-14(2,3)4/h8,10H,6-7H2,1-5H3,(H,15,18)(H,19,20). The molecule has 0 spiro atoms. The van der Waals surface area contributed by atoms with Gasteiger partial charge in [0.2, 0.25) is 0 Å². The predicted octanol–water partition coefficient (Wildman–Crippen LogP) is 1.60. The van der Waals surface area contributed by atoms with Gasteiger partial charge in [0, 0.05) is 19.3 Å². The fourth-order valence-electron chi connectivity index (χ4n) is 2.02. The Hall–Kier alpha value is -1.85. The zero-order chi connectivity index (χ0) is 15.5. The Balaban J connectivity index is 2.66. The van der Waals surface area contributed by atoms with Gasteiger partial charge in [-0.25, -0.2) is 0 Å². The highest BCUT2D eigenvalue weighted by Crippen LogP contribution is 2.24. The van der Waals surface area contributed by atoms with Gasteiger partial charge < -0.3 is 10.4 Å². The molecule has 1 amide bonds. The Kier molecular flexibility index (Phi) is 4.92. The number of nitrogens with one attached hydrogen (secondary N) is 1. The molecule has 0 bridgehead atoms. The first kappa shape index (κ1) is 16.2. The Morgan fingerprint density at radius 2 is 2.05 bits per heavy atom. The Morgan fingerprint density at radius 1 is 1.45 bits per heavy atom. The Morgan fingerprint density at radius 3 is 2.45 bits per heavy atom. The van der Waals surface area contributed by atoms with Crippen LogP contribution in [0.1, 0.15) is 43.2 Å². The average molecular weight is 281 g/mol. The monoisotopic (exact) mass is 281 g/mol. The average Bonchev–Trinajstić information content (AvgIpc) is 2.63. The molecule has 0 fully saturated rings. The number of amides is 1. The SMILES string of the molecule is Cc1c(C(=O)NCC(CC(C)(C)C)C(=O)O)cnn1C. The lowest BCUT2D eigenvalue weighted by Crippen LogP contribution is -2.35. The lowest BCUT2D eigenvalue weighted by Gasteiger charge is -2.23. The van der Waals surface area contributed by atoms with Gasteiger partial charge in [-0.1, -0.05) is 20.8 Å². The molecule has 0 aromatic carbocycles. The second-order valence-corrected chi connectivity index (χ2v) is 6.28. The molecule has 0 saturated heterocycles. The van der Waals surface area contributed by atoms with E-state index in [9.17, 15) is 14.7 Å². The first-order valence-electron chi connectivity index (χ1n) is 6.61. The van der Waals surface area contributed by atoms with E-state index in [0.29, 0.717) is 12.0 Å². The molecule has 1 aromatic heterocycles. The second kappa shape index (κ2) is 6.07. The molecule has 1 heterocycles. The van der Waals surface area contributed by atoms with Gasteiger partial charge in [-0.05, 0) is 18.8 Å². The minimum Gasteiger partial charge on any atom is -0.481 e. The highest BCUT2D eigenvalue weighted by molar-refractivity contribution is 5.95. The number of aromatic nitrogens is 2. The second-order valence-electron chi connectivity index (χ2n) is 6.28. The van der Waals surface area contributed by atoms with Crippen LogP contribution < -0.4 is 5.32 Å². The van der Waals surface area contributed by atoms with Gasteiger partial charge in [0.25, 0.3) is 5.91 Å². The number of hydrogen-bond donors (Lipinski definition) is 2. The van der Waals surface area contributed by atoms with E-state index in [1.54, 1.807) is 18.7 Å². The maximum absolute atomic E-state index is 12.0. The number of carbonyl (C=O) groups excluding carboxylic acids is 1. The van der Waals surface area contributed by atoms with E-state index in [4.69, 9.17) is 0 Å². The molecule has 0 aliphatic rings. The van der Waals surface area contributed by atoms with Gasteiger partial charge >= 0.3 is 5.97 Å². The van der Waals surface area contributed by atoms with Crippen molar-refractivity contribution in [2.24, 2.45) is 18.4 Å². The van der Waals surface area contributed by atoms with E-state index in [2.05, 4.69) is 10.4 Å². The molecule has 0 radical (unpaired) electrons. The van der Waals surface area contributed by atoms with Crippen LogP contribution in [-0.4, -0.2) is 33.3 Å². The fraction of sp³-hybridized carbons (Fsp3) is 0.643. The van der Waals surface area contributed by atoms with Crippen molar-refractivity contribution in [2.45, 2.75) is 34.1 Å². The van der Waals surface area contributed by atoms with Crippen LogP contribution in [0.2, 0.25) is 0 Å². The summed E-state index contributed by atoms with van der Waals surface area (Å²) >= 11 is 0. The third-order valence-corrected chi connectivity index (χ3v) is 3.20. The molecule has 6 nitrogen and oxygen atoms in total. The number of hydrogen-bond acceptors (Lipinski definition) is 3. The van der Waals surface area contributed by atoms with Crippen LogP contribution in [0.5, 0.6) is 0 Å². The maximum Gasteiger partial charge on any atom is 0.308 e. The summed E-state index contributed by atoms with van der Waals surface area (Å²) in [5.41, 5.74) is 1.13. The van der Waals surface area contributed by atoms with E-state index in [1.807, 2.05) is 20.8 Å². The molecule has 0 saturated carbocycles. The minimum absolute atomic E-state index is 0.0992. The molecule has 20 heavy (non-hydrogen) atoms. The summed E-state index contributed by atoms with van der Waals surface area (Å²) in [7, 11) is 1.76. The predicted molar refractivity (Wildman–Crippen MR) is 75.5 cm³/mol. The normalized spacial score (nSPS) is 13.1. The summed E-state index contributed by atoms with van der Waals surface area (Å²) < 4.78 is 1.61. The lowest BCUT2D eigenvalue weighted by molar-refractivity contribution is -0.142. The van der Waals surface area contributed by atoms with Crippen LogP contribution in [0.25, 0.3) is 0 Å². The largest absolute Gasteiger partial charge is 0.481 e. The maximum atomic E-state index is 12.0. The number of nitrogens with zero attached hydrogens (tertiary/aromatic N) is 2. The summed E-state index contributed by atoms with van der Waals surface area (Å²) in [4.78, 5) is 23.2. The molecule has 1 atom stereocenters. The molecule has 6 heteroatoms. The third-order valence-electron chi connectivity index (χ3n) is 3.20. The summed E-state index contributed by atoms with van der Waals surface area (Å²) in [6.07, 6.45) is 2.00. The molecule has 112 valence electrons. The molecule has 0 aliphatic carbocycles. The third kappa shape index (κ3) is 4.36. The minimum atomic E-state index is -0.886. The number of aryl methyl sites for hydroxylation is 1. The van der Waals surface area contributed by atoms with Crippen LogP contribution in [0, 0.1) is 18.3 Å². The smallest absolute Gasteiger partial charge is 0.308 e. The van der Waals surface area contributed by atoms with Crippen molar-refractivity contribution >= 4 is 11.9 Å². The molecular formula is C14H23N3O3. The van der Waals surface area contributed by atoms with Gasteiger partial charge in [0.05, 0.1) is 17.7 Å². The summed E-state index contributed by atoms with van der Waals surface area (Å²) in [6.45, 7) is 7.87. The summed E-state index contributed by atoms with van der Waals surface area (Å²) in [5, 5.41) is 15.9. The number of rotatable bonds is 5. The highest BCUT2D eigenvalue weighted by atomic mass is 16.4. The number of carbonyl (C=O) groups is 2. The van der Waals surface area contributed by atoms with Gasteiger partial charge in [-0.15, -0.1) is 0 Å². The Bertz CT molecular complexity index is 500. The molecule has 0 aliphatic heterocycles. The van der Waals surface area contributed by atoms with E-state index in [1.165, 1.54) is 6.20 Å². The van der Waals surface area contributed by atoms with Gasteiger partial charge in [0.15, 0.2) is 0 Å². The molecule has 1 unspecified atom stereocenters. The van der Waals surface area contributed by atoms with E-state index in [0.717, 1.165) is 5.69 Å². The number of carboxylic acid groups (broad SMARTS) is 1. The van der Waals surface area contributed by atoms with Crippen molar-refractivity contribution in [3.8, 4) is 0 Å². The number of aliphatic carboxylic acids is 1. The van der Waals surface area contributed by atoms with Crippen molar-refractivity contribution in [1.82, 2.24) is 15.1 Å². The van der Waals surface area contributed by atoms with Crippen LogP contribution in [0.3, 0.4) is 0 Å². The zero-order valence-corrected chi connectivity index (χ0v) is 12.7. The quantitative estimate of drug-likeness (QED) is 0.858. The molecular weight excluding hydrogens is 258 g/mol. The summed E-state index contributed by atoms with van der Waals surface area (Å²) in [6, 6.07) is 0. The number of carboxylic acids is 1. The topological polar surface area (TPSA) is 84.2 Å². The van der Waals surface area contributed by atoms with Crippen molar-refractivity contribution in [3.63, 3.8) is 0 Å². The first-order valence-corrected chi connectivity index (χ1v) is 6.61. The van der Waals surface area contributed by atoms with E-state index in [-0.39, 0.29) is 17.9 Å². The van der Waals surface area contributed by atoms with Gasteiger partial charge in [0.1, 0.15) is 0 Å². The summed E-state index contributed by atoms with van der Waals surface area (Å²) in [5.74, 6) is -1.75. The van der Waals surface area contributed by atoms with Gasteiger partial charge in [-0.2, -0.15) is 5.10 Å². The molecule has 1 rings (SSSR count). The van der Waals surface area contributed by atoms with Gasteiger partial charge in [-0.3, -0.25) is 14.3 Å². The van der Waals surface area contributed by atoms with Crippen molar-refractivity contribution in [3.05, 3.63) is 17.5 Å². The Labute approximate surface area is 119 Å². The molecule has 1 aromatic rings. The highest BCUT2D eigenvalue weighted by Gasteiger charge is 2.25.